The van der Waals surface area contributed by atoms with Crippen LogP contribution in [0.15, 0.2) is 29.6 Å². The van der Waals surface area contributed by atoms with Gasteiger partial charge in [0.1, 0.15) is 12.4 Å². The molecule has 1 heterocycles. The van der Waals surface area contributed by atoms with E-state index >= 15 is 0 Å². The van der Waals surface area contributed by atoms with Crippen molar-refractivity contribution >= 4 is 17.2 Å². The van der Waals surface area contributed by atoms with Gasteiger partial charge in [-0.15, -0.1) is 11.3 Å². The van der Waals surface area contributed by atoms with Crippen LogP contribution in [0.4, 0.5) is 0 Å². The van der Waals surface area contributed by atoms with Crippen LogP contribution in [0.1, 0.15) is 40.8 Å². The lowest BCUT2D eigenvalue weighted by Gasteiger charge is -2.15. The van der Waals surface area contributed by atoms with Gasteiger partial charge in [-0.1, -0.05) is 13.8 Å². The number of aliphatic hydroxyl groups excluding tert-OH is 1. The van der Waals surface area contributed by atoms with Crippen LogP contribution in [0, 0.1) is 0 Å². The molecule has 0 spiro atoms. The molecule has 1 aromatic heterocycles. The molecule has 2 rings (SSSR count). The van der Waals surface area contributed by atoms with Crippen LogP contribution in [0.2, 0.25) is 0 Å². The first-order valence-corrected chi connectivity index (χ1v) is 8.42. The summed E-state index contributed by atoms with van der Waals surface area (Å²) in [6.07, 6.45) is 0. The zero-order valence-corrected chi connectivity index (χ0v) is 14.5. The second kappa shape index (κ2) is 8.08. The minimum Gasteiger partial charge on any atom is -0.487 e. The molecule has 23 heavy (non-hydrogen) atoms. The number of likely N-dealkylation sites (N-methyl/N-ethyl adjacent to an activating group) is 1. The monoisotopic (exact) mass is 334 g/mol. The van der Waals surface area contributed by atoms with E-state index in [9.17, 15) is 4.79 Å². The predicted molar refractivity (Wildman–Crippen MR) is 91.0 cm³/mol. The van der Waals surface area contributed by atoms with Crippen LogP contribution >= 0.6 is 11.3 Å². The van der Waals surface area contributed by atoms with Gasteiger partial charge in [-0.3, -0.25) is 4.79 Å². The summed E-state index contributed by atoms with van der Waals surface area (Å²) in [7, 11) is 1.66. The normalized spacial score (nSPS) is 10.8. The summed E-state index contributed by atoms with van der Waals surface area (Å²) in [5.74, 6) is 1.01. The smallest absolute Gasteiger partial charge is 0.253 e. The van der Waals surface area contributed by atoms with Gasteiger partial charge >= 0.3 is 0 Å². The average molecular weight is 334 g/mol. The molecule has 0 aliphatic carbocycles. The molecule has 0 aliphatic heterocycles. The molecule has 2 aromatic rings. The summed E-state index contributed by atoms with van der Waals surface area (Å²) in [6.45, 7) is 4.93. The molecule has 1 aromatic carbocycles. The van der Waals surface area contributed by atoms with Gasteiger partial charge in [0.15, 0.2) is 0 Å². The Kier molecular flexibility index (Phi) is 6.12. The molecule has 0 unspecified atom stereocenters. The van der Waals surface area contributed by atoms with Crippen LogP contribution in [0.3, 0.4) is 0 Å². The zero-order chi connectivity index (χ0) is 16.8. The van der Waals surface area contributed by atoms with Crippen LogP contribution in [0.25, 0.3) is 0 Å². The Morgan fingerprint density at radius 1 is 1.35 bits per heavy atom. The zero-order valence-electron chi connectivity index (χ0n) is 13.7. The fourth-order valence-corrected chi connectivity index (χ4v) is 2.80. The summed E-state index contributed by atoms with van der Waals surface area (Å²) in [5, 5.41) is 12.0. The number of benzene rings is 1. The Labute approximate surface area is 140 Å². The third kappa shape index (κ3) is 4.77. The SMILES string of the molecule is CC(C)c1nc(COc2ccc(C(=O)N(C)CCO)cc2)cs1. The van der Waals surface area contributed by atoms with Gasteiger partial charge in [0.05, 0.1) is 17.3 Å². The second-order valence-electron chi connectivity index (χ2n) is 5.60. The summed E-state index contributed by atoms with van der Waals surface area (Å²) >= 11 is 1.65. The fourth-order valence-electron chi connectivity index (χ4n) is 1.98. The van der Waals surface area contributed by atoms with Crippen molar-refractivity contribution in [2.75, 3.05) is 20.2 Å². The van der Waals surface area contributed by atoms with E-state index in [0.717, 1.165) is 10.7 Å². The van der Waals surface area contributed by atoms with E-state index < -0.39 is 0 Å². The number of carbonyl (C=O) groups excluding carboxylic acids is 1. The van der Waals surface area contributed by atoms with Crippen molar-refractivity contribution in [3.63, 3.8) is 0 Å². The highest BCUT2D eigenvalue weighted by Gasteiger charge is 2.11. The largest absolute Gasteiger partial charge is 0.487 e. The van der Waals surface area contributed by atoms with Crippen molar-refractivity contribution in [2.45, 2.75) is 26.4 Å². The van der Waals surface area contributed by atoms with E-state index in [1.54, 1.807) is 42.6 Å². The van der Waals surface area contributed by atoms with Crippen molar-refractivity contribution < 1.29 is 14.6 Å². The van der Waals surface area contributed by atoms with Crippen molar-refractivity contribution in [3.8, 4) is 5.75 Å². The third-order valence-corrected chi connectivity index (χ3v) is 4.53. The lowest BCUT2D eigenvalue weighted by atomic mass is 10.2. The first-order valence-electron chi connectivity index (χ1n) is 7.54. The van der Waals surface area contributed by atoms with Crippen LogP contribution in [-0.4, -0.2) is 41.1 Å². The molecule has 0 saturated heterocycles. The molecule has 5 nitrogen and oxygen atoms in total. The minimum absolute atomic E-state index is 0.0462. The number of aliphatic hydroxyl groups is 1. The van der Waals surface area contributed by atoms with Crippen molar-refractivity contribution in [1.29, 1.82) is 0 Å². The molecule has 0 fully saturated rings. The standard InChI is InChI=1S/C17H22N2O3S/c1-12(2)16-18-14(11-23-16)10-22-15-6-4-13(5-7-15)17(21)19(3)8-9-20/h4-7,11-12,20H,8-10H2,1-3H3. The Balaban J connectivity index is 1.93. The van der Waals surface area contributed by atoms with E-state index in [0.29, 0.717) is 30.4 Å². The first kappa shape index (κ1) is 17.4. The number of thiazole rings is 1. The molecule has 1 amide bonds. The summed E-state index contributed by atoms with van der Waals surface area (Å²) in [5.41, 5.74) is 1.49. The molecule has 0 aliphatic rings. The number of hydrogen-bond acceptors (Lipinski definition) is 5. The van der Waals surface area contributed by atoms with Crippen molar-refractivity contribution in [3.05, 3.63) is 45.9 Å². The van der Waals surface area contributed by atoms with E-state index in [2.05, 4.69) is 18.8 Å². The number of ether oxygens (including phenoxy) is 1. The minimum atomic E-state index is -0.119. The van der Waals surface area contributed by atoms with Crippen molar-refractivity contribution in [2.24, 2.45) is 0 Å². The molecule has 0 saturated carbocycles. The summed E-state index contributed by atoms with van der Waals surface area (Å²) in [4.78, 5) is 18.1. The quantitative estimate of drug-likeness (QED) is 0.846. The van der Waals surface area contributed by atoms with Crippen molar-refractivity contribution in [1.82, 2.24) is 9.88 Å². The highest BCUT2D eigenvalue weighted by atomic mass is 32.1. The fraction of sp³-hybridized carbons (Fsp3) is 0.412. The second-order valence-corrected chi connectivity index (χ2v) is 6.48. The van der Waals surface area contributed by atoms with Gasteiger partial charge in [0, 0.05) is 30.5 Å². The molecule has 6 heteroatoms. The topological polar surface area (TPSA) is 62.7 Å². The number of amides is 1. The van der Waals surface area contributed by atoms with Gasteiger partial charge in [-0.25, -0.2) is 4.98 Å². The van der Waals surface area contributed by atoms with Gasteiger partial charge < -0.3 is 14.7 Å². The van der Waals surface area contributed by atoms with Crippen LogP contribution in [0.5, 0.6) is 5.75 Å². The number of rotatable bonds is 7. The number of aromatic nitrogens is 1. The maximum atomic E-state index is 12.1. The predicted octanol–water partition coefficient (Wildman–Crippen LogP) is 2.91. The molecule has 124 valence electrons. The number of carbonyl (C=O) groups is 1. The first-order chi connectivity index (χ1) is 11.0. The van der Waals surface area contributed by atoms with E-state index in [-0.39, 0.29) is 12.5 Å². The average Bonchev–Trinajstić information content (AvgIpc) is 3.02. The molecule has 1 N–H and O–H groups in total. The Bertz CT molecular complexity index is 638. The highest BCUT2D eigenvalue weighted by Crippen LogP contribution is 2.20. The molecular formula is C17H22N2O3S. The van der Waals surface area contributed by atoms with Crippen LogP contribution in [-0.2, 0) is 6.61 Å². The number of nitrogens with zero attached hydrogens (tertiary/aromatic N) is 2. The maximum Gasteiger partial charge on any atom is 0.253 e. The van der Waals surface area contributed by atoms with E-state index in [1.807, 2.05) is 5.38 Å². The molecule has 0 radical (unpaired) electrons. The van der Waals surface area contributed by atoms with E-state index in [4.69, 9.17) is 9.84 Å². The van der Waals surface area contributed by atoms with Gasteiger partial charge in [-0.2, -0.15) is 0 Å². The third-order valence-electron chi connectivity index (χ3n) is 3.33. The van der Waals surface area contributed by atoms with E-state index in [1.165, 1.54) is 4.90 Å². The summed E-state index contributed by atoms with van der Waals surface area (Å²) < 4.78 is 5.71. The van der Waals surface area contributed by atoms with Gasteiger partial charge in [0.25, 0.3) is 5.91 Å². The van der Waals surface area contributed by atoms with Crippen LogP contribution < -0.4 is 4.74 Å². The molecule has 0 bridgehead atoms. The molecular weight excluding hydrogens is 312 g/mol. The lowest BCUT2D eigenvalue weighted by Crippen LogP contribution is -2.29. The van der Waals surface area contributed by atoms with Gasteiger partial charge in [0.2, 0.25) is 0 Å². The Hall–Kier alpha value is -1.92. The van der Waals surface area contributed by atoms with Gasteiger partial charge in [-0.05, 0) is 24.3 Å². The highest BCUT2D eigenvalue weighted by molar-refractivity contribution is 7.09. The number of hydrogen-bond donors (Lipinski definition) is 1. The maximum absolute atomic E-state index is 12.1. The lowest BCUT2D eigenvalue weighted by molar-refractivity contribution is 0.0767. The Morgan fingerprint density at radius 3 is 2.61 bits per heavy atom. The molecule has 0 atom stereocenters. The Morgan fingerprint density at radius 2 is 2.04 bits per heavy atom. The summed E-state index contributed by atoms with van der Waals surface area (Å²) in [6, 6.07) is 7.00.